The van der Waals surface area contributed by atoms with E-state index in [-0.39, 0.29) is 18.4 Å². The molecule has 0 bridgehead atoms. The number of carbonyl (C=O) groups excluding carboxylic acids is 2. The van der Waals surface area contributed by atoms with Crippen LogP contribution in [0.1, 0.15) is 33.1 Å². The highest BCUT2D eigenvalue weighted by atomic mass is 32.2. The van der Waals surface area contributed by atoms with E-state index in [1.165, 1.54) is 18.2 Å². The van der Waals surface area contributed by atoms with Gasteiger partial charge in [0.25, 0.3) is 0 Å². The fourth-order valence-corrected chi connectivity index (χ4v) is 5.52. The molecule has 0 radical (unpaired) electrons. The van der Waals surface area contributed by atoms with Crippen LogP contribution in [0, 0.1) is 11.8 Å². The molecule has 29 heavy (non-hydrogen) atoms. The molecule has 6 nitrogen and oxygen atoms in total. The Morgan fingerprint density at radius 1 is 1.03 bits per heavy atom. The molecule has 1 aromatic heterocycles. The molecule has 7 heteroatoms. The van der Waals surface area contributed by atoms with Crippen LogP contribution in [0.2, 0.25) is 0 Å². The van der Waals surface area contributed by atoms with Crippen molar-refractivity contribution >= 4 is 34.6 Å². The third-order valence-corrected chi connectivity index (χ3v) is 6.88. The van der Waals surface area contributed by atoms with Gasteiger partial charge in [0.15, 0.2) is 5.16 Å². The topological polar surface area (TPSA) is 58.4 Å². The van der Waals surface area contributed by atoms with Gasteiger partial charge in [-0.3, -0.25) is 9.59 Å². The highest BCUT2D eigenvalue weighted by Gasteiger charge is 2.27. The first kappa shape index (κ1) is 20.3. The molecule has 2 saturated heterocycles. The van der Waals surface area contributed by atoms with Crippen molar-refractivity contribution in [3.05, 3.63) is 24.3 Å². The summed E-state index contributed by atoms with van der Waals surface area (Å²) >= 11 is 1.45. The van der Waals surface area contributed by atoms with Crippen LogP contribution in [-0.2, 0) is 16.1 Å². The van der Waals surface area contributed by atoms with Crippen LogP contribution in [0.4, 0.5) is 0 Å². The molecule has 2 aliphatic heterocycles. The van der Waals surface area contributed by atoms with Crippen LogP contribution in [0.25, 0.3) is 11.0 Å². The van der Waals surface area contributed by atoms with Gasteiger partial charge < -0.3 is 14.4 Å². The number of hydrogen-bond donors (Lipinski definition) is 0. The summed E-state index contributed by atoms with van der Waals surface area (Å²) < 4.78 is 1.99. The number of hydrogen-bond acceptors (Lipinski definition) is 4. The van der Waals surface area contributed by atoms with Crippen molar-refractivity contribution < 1.29 is 9.59 Å². The molecule has 1 aromatic carbocycles. The molecular formula is C22H30N4O2S. The predicted octanol–water partition coefficient (Wildman–Crippen LogP) is 3.26. The third kappa shape index (κ3) is 4.60. The van der Waals surface area contributed by atoms with Crippen molar-refractivity contribution in [2.24, 2.45) is 11.8 Å². The maximum atomic E-state index is 13.1. The van der Waals surface area contributed by atoms with Crippen LogP contribution >= 0.6 is 11.8 Å². The number of likely N-dealkylation sites (tertiary alicyclic amines) is 2. The molecule has 2 amide bonds. The maximum absolute atomic E-state index is 13.1. The molecule has 0 N–H and O–H groups in total. The molecule has 2 atom stereocenters. The van der Waals surface area contributed by atoms with Gasteiger partial charge in [-0.25, -0.2) is 4.98 Å². The van der Waals surface area contributed by atoms with E-state index >= 15 is 0 Å². The number of para-hydroxylation sites is 2. The molecule has 0 aliphatic carbocycles. The average molecular weight is 415 g/mol. The molecule has 0 unspecified atom stereocenters. The van der Waals surface area contributed by atoms with Crippen molar-refractivity contribution in [1.29, 1.82) is 0 Å². The fourth-order valence-electron chi connectivity index (χ4n) is 4.60. The minimum atomic E-state index is 0.138. The van der Waals surface area contributed by atoms with E-state index in [4.69, 9.17) is 4.98 Å². The Hall–Kier alpha value is -2.02. The Balaban J connectivity index is 1.51. The predicted molar refractivity (Wildman–Crippen MR) is 116 cm³/mol. The van der Waals surface area contributed by atoms with E-state index in [0.717, 1.165) is 55.2 Å². The van der Waals surface area contributed by atoms with Crippen LogP contribution in [-0.4, -0.2) is 63.1 Å². The van der Waals surface area contributed by atoms with Crippen molar-refractivity contribution in [3.63, 3.8) is 0 Å². The van der Waals surface area contributed by atoms with Gasteiger partial charge in [-0.15, -0.1) is 0 Å². The number of benzene rings is 1. The Morgan fingerprint density at radius 2 is 1.72 bits per heavy atom. The third-order valence-electron chi connectivity index (χ3n) is 5.92. The second-order valence-electron chi connectivity index (χ2n) is 8.59. The second-order valence-corrected chi connectivity index (χ2v) is 9.53. The van der Waals surface area contributed by atoms with Gasteiger partial charge >= 0.3 is 0 Å². The summed E-state index contributed by atoms with van der Waals surface area (Å²) in [4.78, 5) is 34.2. The lowest BCUT2D eigenvalue weighted by Crippen LogP contribution is -2.44. The van der Waals surface area contributed by atoms with E-state index in [2.05, 4.69) is 13.8 Å². The van der Waals surface area contributed by atoms with E-state index < -0.39 is 0 Å². The summed E-state index contributed by atoms with van der Waals surface area (Å²) in [7, 11) is 0. The fraction of sp³-hybridized carbons (Fsp3) is 0.591. The zero-order chi connectivity index (χ0) is 20.4. The molecule has 0 saturated carbocycles. The normalized spacial score (nSPS) is 22.4. The Kier molecular flexibility index (Phi) is 6.13. The van der Waals surface area contributed by atoms with Gasteiger partial charge in [-0.05, 0) is 43.2 Å². The van der Waals surface area contributed by atoms with E-state index in [1.807, 2.05) is 38.6 Å². The minimum Gasteiger partial charge on any atom is -0.342 e. The molecule has 4 rings (SSSR count). The van der Waals surface area contributed by atoms with E-state index in [1.54, 1.807) is 0 Å². The summed E-state index contributed by atoms with van der Waals surface area (Å²) in [6.45, 7) is 8.08. The zero-order valence-electron chi connectivity index (χ0n) is 17.3. The van der Waals surface area contributed by atoms with Crippen molar-refractivity contribution in [2.75, 3.05) is 31.9 Å². The average Bonchev–Trinajstić information content (AvgIpc) is 3.34. The van der Waals surface area contributed by atoms with Gasteiger partial charge in [0, 0.05) is 26.2 Å². The number of thioether (sulfide) groups is 1. The molecule has 2 fully saturated rings. The first-order valence-electron chi connectivity index (χ1n) is 10.6. The van der Waals surface area contributed by atoms with E-state index in [9.17, 15) is 9.59 Å². The van der Waals surface area contributed by atoms with Gasteiger partial charge in [-0.2, -0.15) is 0 Å². The lowest BCUT2D eigenvalue weighted by molar-refractivity contribution is -0.134. The van der Waals surface area contributed by atoms with Crippen molar-refractivity contribution in [2.45, 2.75) is 44.8 Å². The van der Waals surface area contributed by atoms with Crippen molar-refractivity contribution in [3.8, 4) is 0 Å². The number of rotatable bonds is 5. The number of nitrogens with zero attached hydrogens (tertiary/aromatic N) is 4. The van der Waals surface area contributed by atoms with Crippen LogP contribution in [0.15, 0.2) is 29.4 Å². The Bertz CT molecular complexity index is 880. The van der Waals surface area contributed by atoms with E-state index in [0.29, 0.717) is 17.6 Å². The van der Waals surface area contributed by atoms with Crippen LogP contribution < -0.4 is 0 Å². The smallest absolute Gasteiger partial charge is 0.242 e. The summed E-state index contributed by atoms with van der Waals surface area (Å²) in [5, 5.41) is 0.755. The highest BCUT2D eigenvalue weighted by Crippen LogP contribution is 2.26. The lowest BCUT2D eigenvalue weighted by Gasteiger charge is -2.35. The SMILES string of the molecule is C[C@@H]1C[C@H](C)CN(C(=O)Cn2c(SCC(=O)N3CCCC3)nc3ccccc32)C1. The molecule has 156 valence electrons. The summed E-state index contributed by atoms with van der Waals surface area (Å²) in [5.41, 5.74) is 1.83. The van der Waals surface area contributed by atoms with Gasteiger partial charge in [0.2, 0.25) is 11.8 Å². The monoisotopic (exact) mass is 414 g/mol. The molecule has 2 aromatic rings. The zero-order valence-corrected chi connectivity index (χ0v) is 18.2. The number of fused-ring (bicyclic) bond motifs is 1. The Labute approximate surface area is 176 Å². The number of piperidine rings is 1. The Morgan fingerprint density at radius 3 is 2.45 bits per heavy atom. The first-order chi connectivity index (χ1) is 14.0. The molecular weight excluding hydrogens is 384 g/mol. The summed E-state index contributed by atoms with van der Waals surface area (Å²) in [6, 6.07) is 7.90. The van der Waals surface area contributed by atoms with Gasteiger partial charge in [0.05, 0.1) is 16.8 Å². The summed E-state index contributed by atoms with van der Waals surface area (Å²) in [6.07, 6.45) is 3.36. The number of carbonyl (C=O) groups is 2. The summed E-state index contributed by atoms with van der Waals surface area (Å²) in [5.74, 6) is 1.74. The lowest BCUT2D eigenvalue weighted by atomic mass is 9.92. The molecule has 3 heterocycles. The van der Waals surface area contributed by atoms with Crippen LogP contribution in [0.5, 0.6) is 0 Å². The van der Waals surface area contributed by atoms with Crippen LogP contribution in [0.3, 0.4) is 0 Å². The number of imidazole rings is 1. The standard InChI is InChI=1S/C22H30N4O2S/c1-16-11-17(2)13-25(12-16)20(27)14-26-19-8-4-3-7-18(19)23-22(26)29-15-21(28)24-9-5-6-10-24/h3-4,7-8,16-17H,5-6,9-15H2,1-2H3/t16-,17+. The quantitative estimate of drug-likeness (QED) is 0.705. The highest BCUT2D eigenvalue weighted by molar-refractivity contribution is 7.99. The molecule has 0 spiro atoms. The molecule has 2 aliphatic rings. The van der Waals surface area contributed by atoms with Gasteiger partial charge in [0.1, 0.15) is 6.54 Å². The number of amides is 2. The van der Waals surface area contributed by atoms with Gasteiger partial charge in [-0.1, -0.05) is 37.7 Å². The first-order valence-corrected chi connectivity index (χ1v) is 11.6. The minimum absolute atomic E-state index is 0.138. The van der Waals surface area contributed by atoms with Crippen molar-refractivity contribution in [1.82, 2.24) is 19.4 Å². The largest absolute Gasteiger partial charge is 0.342 e. The second kappa shape index (κ2) is 8.78. The number of aromatic nitrogens is 2. The maximum Gasteiger partial charge on any atom is 0.242 e.